The average Bonchev–Trinajstić information content (AvgIpc) is 2.89. The number of ether oxygens (including phenoxy) is 1. The van der Waals surface area contributed by atoms with Gasteiger partial charge in [-0.15, -0.1) is 0 Å². The molecule has 3 aromatic rings. The Hall–Kier alpha value is -2.33. The van der Waals surface area contributed by atoms with Crippen molar-refractivity contribution >= 4 is 11.0 Å². The summed E-state index contributed by atoms with van der Waals surface area (Å²) in [6.45, 7) is 11.2. The largest absolute Gasteiger partial charge is 0.491 e. The Morgan fingerprint density at radius 2 is 1.76 bits per heavy atom. The van der Waals surface area contributed by atoms with Crippen LogP contribution in [0.15, 0.2) is 30.3 Å². The van der Waals surface area contributed by atoms with E-state index in [1.165, 1.54) is 16.7 Å². The highest BCUT2D eigenvalue weighted by Crippen LogP contribution is 2.24. The Bertz CT molecular complexity index is 910. The van der Waals surface area contributed by atoms with Gasteiger partial charge in [-0.2, -0.15) is 0 Å². The van der Waals surface area contributed by atoms with Gasteiger partial charge in [0.1, 0.15) is 24.3 Å². The summed E-state index contributed by atoms with van der Waals surface area (Å²) in [5.74, 6) is 1.60. The number of aliphatic hydroxyl groups is 1. The first kappa shape index (κ1) is 17.5. The van der Waals surface area contributed by atoms with Crippen molar-refractivity contribution in [2.45, 2.75) is 47.3 Å². The van der Waals surface area contributed by atoms with Crippen molar-refractivity contribution in [3.05, 3.63) is 58.4 Å². The Kier molecular flexibility index (Phi) is 4.82. The van der Waals surface area contributed by atoms with Crippen LogP contribution in [0, 0.1) is 27.7 Å². The molecule has 0 spiro atoms. The summed E-state index contributed by atoms with van der Waals surface area (Å²) in [4.78, 5) is 4.63. The quantitative estimate of drug-likeness (QED) is 0.750. The number of benzene rings is 2. The van der Waals surface area contributed by atoms with Gasteiger partial charge >= 0.3 is 0 Å². The zero-order valence-electron chi connectivity index (χ0n) is 15.6. The van der Waals surface area contributed by atoms with Crippen LogP contribution in [0.2, 0.25) is 0 Å². The number of rotatable bonds is 5. The fourth-order valence-electron chi connectivity index (χ4n) is 3.06. The van der Waals surface area contributed by atoms with E-state index in [4.69, 9.17) is 4.74 Å². The molecule has 0 saturated carbocycles. The molecular formula is C21H26N2O2. The normalized spacial score (nSPS) is 12.6. The van der Waals surface area contributed by atoms with Gasteiger partial charge in [0.15, 0.2) is 0 Å². The lowest BCUT2D eigenvalue weighted by atomic mass is 10.1. The van der Waals surface area contributed by atoms with Crippen LogP contribution in [0.1, 0.15) is 41.1 Å². The van der Waals surface area contributed by atoms with E-state index in [2.05, 4.69) is 67.6 Å². The fourth-order valence-corrected chi connectivity index (χ4v) is 3.06. The number of hydrogen-bond acceptors (Lipinski definition) is 3. The van der Waals surface area contributed by atoms with E-state index in [9.17, 15) is 5.11 Å². The molecule has 0 fully saturated rings. The van der Waals surface area contributed by atoms with Gasteiger partial charge in [0.2, 0.25) is 0 Å². The van der Waals surface area contributed by atoms with Gasteiger partial charge in [0, 0.05) is 0 Å². The summed E-state index contributed by atoms with van der Waals surface area (Å²) < 4.78 is 8.07. The van der Waals surface area contributed by atoms with Crippen LogP contribution < -0.4 is 4.74 Å². The predicted molar refractivity (Wildman–Crippen MR) is 101 cm³/mol. The average molecular weight is 338 g/mol. The lowest BCUT2D eigenvalue weighted by Crippen LogP contribution is -2.13. The van der Waals surface area contributed by atoms with E-state index in [0.717, 1.165) is 22.3 Å². The zero-order chi connectivity index (χ0) is 18.1. The van der Waals surface area contributed by atoms with E-state index in [-0.39, 0.29) is 0 Å². The minimum Gasteiger partial charge on any atom is -0.491 e. The topological polar surface area (TPSA) is 47.3 Å². The number of fused-ring (bicyclic) bond motifs is 1. The minimum atomic E-state index is -0.617. The third kappa shape index (κ3) is 3.54. The molecule has 0 saturated heterocycles. The van der Waals surface area contributed by atoms with Gasteiger partial charge in [0.05, 0.1) is 17.6 Å². The van der Waals surface area contributed by atoms with Crippen molar-refractivity contribution in [3.8, 4) is 5.75 Å². The van der Waals surface area contributed by atoms with Crippen molar-refractivity contribution in [3.63, 3.8) is 0 Å². The van der Waals surface area contributed by atoms with Crippen molar-refractivity contribution in [1.29, 1.82) is 0 Å². The summed E-state index contributed by atoms with van der Waals surface area (Å²) >= 11 is 0. The van der Waals surface area contributed by atoms with E-state index >= 15 is 0 Å². The molecule has 1 heterocycles. The Morgan fingerprint density at radius 3 is 2.48 bits per heavy atom. The molecule has 1 unspecified atom stereocenters. The van der Waals surface area contributed by atoms with Crippen LogP contribution in [0.5, 0.6) is 5.75 Å². The van der Waals surface area contributed by atoms with Gasteiger partial charge in [-0.3, -0.25) is 0 Å². The van der Waals surface area contributed by atoms with Crippen molar-refractivity contribution in [1.82, 2.24) is 9.55 Å². The Morgan fingerprint density at radius 1 is 1.04 bits per heavy atom. The Balaban J connectivity index is 1.88. The molecule has 0 aliphatic heterocycles. The van der Waals surface area contributed by atoms with Gasteiger partial charge in [-0.05, 0) is 75.1 Å². The minimum absolute atomic E-state index is 0.530. The summed E-state index contributed by atoms with van der Waals surface area (Å²) in [6, 6.07) is 10.4. The molecule has 4 heteroatoms. The Labute approximate surface area is 149 Å². The molecule has 1 atom stereocenters. The molecule has 2 aromatic carbocycles. The molecule has 0 amide bonds. The molecule has 0 radical (unpaired) electrons. The number of imidazole rings is 1. The molecular weight excluding hydrogens is 312 g/mol. The van der Waals surface area contributed by atoms with Gasteiger partial charge in [-0.25, -0.2) is 4.98 Å². The summed E-state index contributed by atoms with van der Waals surface area (Å²) in [7, 11) is 0. The number of aromatic nitrogens is 2. The van der Waals surface area contributed by atoms with Gasteiger partial charge in [0.25, 0.3) is 0 Å². The van der Waals surface area contributed by atoms with Crippen LogP contribution in [-0.4, -0.2) is 21.3 Å². The second kappa shape index (κ2) is 6.89. The monoisotopic (exact) mass is 338 g/mol. The molecule has 25 heavy (non-hydrogen) atoms. The summed E-state index contributed by atoms with van der Waals surface area (Å²) in [5.41, 5.74) is 6.71. The molecule has 0 aliphatic carbocycles. The standard InChI is InChI=1S/C21H26N2O2/c1-13-6-7-14(2)20(10-13)25-9-8-23-19-12-16(4)15(3)11-18(19)22-21(23)17(5)24/h6-7,10-12,17,24H,8-9H2,1-5H3. The highest BCUT2D eigenvalue weighted by Gasteiger charge is 2.16. The number of aliphatic hydroxyl groups excluding tert-OH is 1. The van der Waals surface area contributed by atoms with Crippen LogP contribution in [0.3, 0.4) is 0 Å². The van der Waals surface area contributed by atoms with E-state index < -0.39 is 6.10 Å². The predicted octanol–water partition coefficient (Wildman–Crippen LogP) is 4.40. The number of nitrogens with zero attached hydrogens (tertiary/aromatic N) is 2. The molecule has 1 aromatic heterocycles. The second-order valence-electron chi connectivity index (χ2n) is 6.84. The number of hydrogen-bond donors (Lipinski definition) is 1. The van der Waals surface area contributed by atoms with Crippen LogP contribution >= 0.6 is 0 Å². The zero-order valence-corrected chi connectivity index (χ0v) is 15.6. The van der Waals surface area contributed by atoms with Gasteiger partial charge < -0.3 is 14.4 Å². The van der Waals surface area contributed by atoms with Crippen molar-refractivity contribution in [2.75, 3.05) is 6.61 Å². The lowest BCUT2D eigenvalue weighted by molar-refractivity contribution is 0.181. The first-order valence-corrected chi connectivity index (χ1v) is 8.72. The van der Waals surface area contributed by atoms with E-state index in [1.54, 1.807) is 6.92 Å². The molecule has 0 bridgehead atoms. The first-order chi connectivity index (χ1) is 11.9. The third-order valence-corrected chi connectivity index (χ3v) is 4.68. The first-order valence-electron chi connectivity index (χ1n) is 8.72. The van der Waals surface area contributed by atoms with Crippen LogP contribution in [0.25, 0.3) is 11.0 Å². The lowest BCUT2D eigenvalue weighted by Gasteiger charge is -2.14. The highest BCUT2D eigenvalue weighted by atomic mass is 16.5. The van der Waals surface area contributed by atoms with Crippen LogP contribution in [0.4, 0.5) is 0 Å². The van der Waals surface area contributed by atoms with Gasteiger partial charge in [-0.1, -0.05) is 12.1 Å². The van der Waals surface area contributed by atoms with Crippen LogP contribution in [-0.2, 0) is 6.54 Å². The SMILES string of the molecule is Cc1ccc(C)c(OCCn2c(C(C)O)nc3cc(C)c(C)cc32)c1. The van der Waals surface area contributed by atoms with E-state index in [1.807, 2.05) is 0 Å². The molecule has 3 rings (SSSR count). The summed E-state index contributed by atoms with van der Waals surface area (Å²) in [5, 5.41) is 10.1. The summed E-state index contributed by atoms with van der Waals surface area (Å²) in [6.07, 6.45) is -0.617. The molecule has 4 nitrogen and oxygen atoms in total. The molecule has 132 valence electrons. The molecule has 0 aliphatic rings. The smallest absolute Gasteiger partial charge is 0.138 e. The second-order valence-corrected chi connectivity index (χ2v) is 6.84. The maximum atomic E-state index is 10.1. The molecule has 1 N–H and O–H groups in total. The van der Waals surface area contributed by atoms with Crippen molar-refractivity contribution in [2.24, 2.45) is 0 Å². The highest BCUT2D eigenvalue weighted by molar-refractivity contribution is 5.78. The van der Waals surface area contributed by atoms with Crippen molar-refractivity contribution < 1.29 is 9.84 Å². The fraction of sp³-hybridized carbons (Fsp3) is 0.381. The number of aryl methyl sites for hydroxylation is 4. The maximum absolute atomic E-state index is 10.1. The third-order valence-electron chi connectivity index (χ3n) is 4.68. The maximum Gasteiger partial charge on any atom is 0.138 e. The van der Waals surface area contributed by atoms with E-state index in [0.29, 0.717) is 19.0 Å².